The van der Waals surface area contributed by atoms with E-state index in [1.807, 2.05) is 0 Å². The van der Waals surface area contributed by atoms with E-state index in [2.05, 4.69) is 5.32 Å². The van der Waals surface area contributed by atoms with Crippen LogP contribution in [0.25, 0.3) is 6.08 Å². The van der Waals surface area contributed by atoms with Crippen LogP contribution >= 0.6 is 0 Å². The van der Waals surface area contributed by atoms with Gasteiger partial charge in [0, 0.05) is 12.6 Å². The molecule has 23 heavy (non-hydrogen) atoms. The first-order valence-corrected chi connectivity index (χ1v) is 8.22. The molecule has 5 nitrogen and oxygen atoms in total. The molecule has 0 radical (unpaired) electrons. The first kappa shape index (κ1) is 16.9. The maximum absolute atomic E-state index is 13.0. The van der Waals surface area contributed by atoms with Gasteiger partial charge in [0.25, 0.3) is 0 Å². The van der Waals surface area contributed by atoms with Gasteiger partial charge in [-0.25, -0.2) is 17.9 Å². The third-order valence-corrected chi connectivity index (χ3v) is 3.92. The lowest BCUT2D eigenvalue weighted by Gasteiger charge is -2.04. The minimum atomic E-state index is -3.72. The molecule has 0 fully saturated rings. The van der Waals surface area contributed by atoms with Gasteiger partial charge in [0.2, 0.25) is 15.9 Å². The number of nitrogens with one attached hydrogen (secondary N) is 1. The molecule has 0 saturated heterocycles. The molecule has 0 unspecified atom stereocenters. The van der Waals surface area contributed by atoms with E-state index in [1.54, 1.807) is 24.3 Å². The Balaban J connectivity index is 1.91. The third-order valence-electron chi connectivity index (χ3n) is 2.99. The van der Waals surface area contributed by atoms with Crippen molar-refractivity contribution in [3.63, 3.8) is 0 Å². The molecular formula is C16H15FN2O3S. The van der Waals surface area contributed by atoms with Crippen LogP contribution in [0.4, 0.5) is 4.39 Å². The van der Waals surface area contributed by atoms with Crippen molar-refractivity contribution in [2.75, 3.05) is 0 Å². The van der Waals surface area contributed by atoms with Crippen LogP contribution in [-0.2, 0) is 21.4 Å². The summed E-state index contributed by atoms with van der Waals surface area (Å²) in [6.45, 7) is 0.233. The molecule has 0 saturated carbocycles. The number of hydrogen-bond acceptors (Lipinski definition) is 3. The normalized spacial score (nSPS) is 11.6. The summed E-state index contributed by atoms with van der Waals surface area (Å²) >= 11 is 0. The van der Waals surface area contributed by atoms with Crippen molar-refractivity contribution < 1.29 is 17.6 Å². The van der Waals surface area contributed by atoms with E-state index in [-0.39, 0.29) is 23.2 Å². The molecule has 2 aromatic carbocycles. The van der Waals surface area contributed by atoms with Crippen LogP contribution in [0.1, 0.15) is 11.1 Å². The van der Waals surface area contributed by atoms with Crippen LogP contribution in [0, 0.1) is 5.82 Å². The Hall–Kier alpha value is -2.51. The average Bonchev–Trinajstić information content (AvgIpc) is 2.50. The van der Waals surface area contributed by atoms with Gasteiger partial charge in [-0.15, -0.1) is 0 Å². The molecule has 0 atom stereocenters. The first-order valence-electron chi connectivity index (χ1n) is 6.68. The van der Waals surface area contributed by atoms with E-state index in [4.69, 9.17) is 5.14 Å². The number of amides is 1. The summed E-state index contributed by atoms with van der Waals surface area (Å²) in [5.41, 5.74) is 1.31. The molecule has 3 N–H and O–H groups in total. The molecule has 2 aromatic rings. The number of rotatable bonds is 5. The van der Waals surface area contributed by atoms with Gasteiger partial charge < -0.3 is 5.32 Å². The minimum absolute atomic E-state index is 0.0126. The van der Waals surface area contributed by atoms with Crippen molar-refractivity contribution in [3.05, 3.63) is 71.6 Å². The number of sulfonamides is 1. The van der Waals surface area contributed by atoms with E-state index in [0.717, 1.165) is 5.56 Å². The summed E-state index contributed by atoms with van der Waals surface area (Å²) in [4.78, 5) is 11.7. The number of primary sulfonamides is 1. The first-order chi connectivity index (χ1) is 10.8. The highest BCUT2D eigenvalue weighted by Crippen LogP contribution is 2.09. The summed E-state index contributed by atoms with van der Waals surface area (Å²) in [6.07, 6.45) is 2.80. The predicted molar refractivity (Wildman–Crippen MR) is 85.1 cm³/mol. The summed E-state index contributed by atoms with van der Waals surface area (Å²) in [7, 11) is -3.72. The average molecular weight is 334 g/mol. The van der Waals surface area contributed by atoms with Gasteiger partial charge in [-0.3, -0.25) is 4.79 Å². The zero-order valence-electron chi connectivity index (χ0n) is 12.1. The third kappa shape index (κ3) is 5.32. The highest BCUT2D eigenvalue weighted by Gasteiger charge is 2.06. The number of halogens is 1. The van der Waals surface area contributed by atoms with Gasteiger partial charge in [-0.1, -0.05) is 24.3 Å². The van der Waals surface area contributed by atoms with Gasteiger partial charge >= 0.3 is 0 Å². The molecule has 0 aromatic heterocycles. The van der Waals surface area contributed by atoms with Crippen molar-refractivity contribution in [3.8, 4) is 0 Å². The van der Waals surface area contributed by atoms with Crippen LogP contribution in [0.15, 0.2) is 59.5 Å². The number of benzene rings is 2. The van der Waals surface area contributed by atoms with Gasteiger partial charge in [0.15, 0.2) is 0 Å². The second kappa shape index (κ2) is 7.17. The van der Waals surface area contributed by atoms with Crippen molar-refractivity contribution in [2.45, 2.75) is 11.4 Å². The lowest BCUT2D eigenvalue weighted by Crippen LogP contribution is -2.20. The summed E-state index contributed by atoms with van der Waals surface area (Å²) < 4.78 is 35.2. The van der Waals surface area contributed by atoms with E-state index in [9.17, 15) is 17.6 Å². The molecule has 2 rings (SSSR count). The highest BCUT2D eigenvalue weighted by molar-refractivity contribution is 7.89. The van der Waals surface area contributed by atoms with E-state index >= 15 is 0 Å². The fraction of sp³-hybridized carbons (Fsp3) is 0.0625. The molecular weight excluding hydrogens is 319 g/mol. The van der Waals surface area contributed by atoms with Crippen LogP contribution < -0.4 is 10.5 Å². The standard InChI is InChI=1S/C16H15FN2O3S/c17-14-3-1-2-12(10-14)6-9-16(20)19-11-13-4-7-15(8-5-13)23(18,21)22/h1-10H,11H2,(H,19,20)(H2,18,21,22)/b9-6+. The maximum Gasteiger partial charge on any atom is 0.244 e. The van der Waals surface area contributed by atoms with Crippen molar-refractivity contribution in [1.29, 1.82) is 0 Å². The molecule has 0 aliphatic rings. The Morgan fingerprint density at radius 1 is 1.17 bits per heavy atom. The minimum Gasteiger partial charge on any atom is -0.348 e. The van der Waals surface area contributed by atoms with Gasteiger partial charge in [-0.2, -0.15) is 0 Å². The number of carbonyl (C=O) groups excluding carboxylic acids is 1. The van der Waals surface area contributed by atoms with Crippen molar-refractivity contribution in [1.82, 2.24) is 5.32 Å². The van der Waals surface area contributed by atoms with E-state index < -0.39 is 10.0 Å². The van der Waals surface area contributed by atoms with Crippen LogP contribution in [0.2, 0.25) is 0 Å². The molecule has 7 heteroatoms. The van der Waals surface area contributed by atoms with Crippen LogP contribution in [0.5, 0.6) is 0 Å². The molecule has 120 valence electrons. The molecule has 0 aliphatic carbocycles. The monoisotopic (exact) mass is 334 g/mol. The number of hydrogen-bond donors (Lipinski definition) is 2. The SMILES string of the molecule is NS(=O)(=O)c1ccc(CNC(=O)/C=C/c2cccc(F)c2)cc1. The Kier molecular flexibility index (Phi) is 5.25. The fourth-order valence-corrected chi connectivity index (χ4v) is 2.34. The summed E-state index contributed by atoms with van der Waals surface area (Å²) in [6, 6.07) is 11.8. The topological polar surface area (TPSA) is 89.3 Å². The van der Waals surface area contributed by atoms with Crippen LogP contribution in [-0.4, -0.2) is 14.3 Å². The van der Waals surface area contributed by atoms with Crippen LogP contribution in [0.3, 0.4) is 0 Å². The number of nitrogens with two attached hydrogens (primary N) is 1. The quantitative estimate of drug-likeness (QED) is 0.817. The van der Waals surface area contributed by atoms with E-state index in [1.165, 1.54) is 36.4 Å². The molecule has 0 aliphatic heterocycles. The van der Waals surface area contributed by atoms with E-state index in [0.29, 0.717) is 5.56 Å². The Morgan fingerprint density at radius 2 is 1.87 bits per heavy atom. The van der Waals surface area contributed by atoms with Gasteiger partial charge in [0.1, 0.15) is 5.82 Å². The van der Waals surface area contributed by atoms with Crippen molar-refractivity contribution in [2.24, 2.45) is 5.14 Å². The molecule has 0 spiro atoms. The lowest BCUT2D eigenvalue weighted by atomic mass is 10.2. The second-order valence-electron chi connectivity index (χ2n) is 4.80. The maximum atomic E-state index is 13.0. The highest BCUT2D eigenvalue weighted by atomic mass is 32.2. The lowest BCUT2D eigenvalue weighted by molar-refractivity contribution is -0.116. The smallest absolute Gasteiger partial charge is 0.244 e. The Morgan fingerprint density at radius 3 is 2.48 bits per heavy atom. The zero-order valence-corrected chi connectivity index (χ0v) is 12.9. The Labute approximate surface area is 133 Å². The zero-order chi connectivity index (χ0) is 16.9. The largest absolute Gasteiger partial charge is 0.348 e. The van der Waals surface area contributed by atoms with Gasteiger partial charge in [0.05, 0.1) is 4.90 Å². The second-order valence-corrected chi connectivity index (χ2v) is 6.36. The molecule has 0 bridgehead atoms. The summed E-state index contributed by atoms with van der Waals surface area (Å²) in [5, 5.41) is 7.64. The predicted octanol–water partition coefficient (Wildman–Crippen LogP) is 1.80. The van der Waals surface area contributed by atoms with Crippen molar-refractivity contribution >= 4 is 22.0 Å². The molecule has 0 heterocycles. The number of carbonyl (C=O) groups is 1. The van der Waals surface area contributed by atoms with Gasteiger partial charge in [-0.05, 0) is 41.5 Å². The Bertz CT molecular complexity index is 831. The summed E-state index contributed by atoms with van der Waals surface area (Å²) in [5.74, 6) is -0.715. The fourth-order valence-electron chi connectivity index (χ4n) is 1.83. The molecule has 1 amide bonds.